The van der Waals surface area contributed by atoms with Crippen molar-refractivity contribution in [1.82, 2.24) is 0 Å². The lowest BCUT2D eigenvalue weighted by Gasteiger charge is -2.02. The molecule has 0 N–H and O–H groups in total. The molecule has 0 unspecified atom stereocenters. The first-order chi connectivity index (χ1) is 7.15. The van der Waals surface area contributed by atoms with Gasteiger partial charge in [-0.05, 0) is 24.6 Å². The van der Waals surface area contributed by atoms with E-state index < -0.39 is 5.82 Å². The van der Waals surface area contributed by atoms with Gasteiger partial charge in [0.25, 0.3) is 0 Å². The number of benzene rings is 1. The number of carbonyl (C=O) groups is 1. The fourth-order valence-corrected chi connectivity index (χ4v) is 1.55. The van der Waals surface area contributed by atoms with E-state index in [1.165, 1.54) is 18.2 Å². The molecule has 0 aliphatic carbocycles. The summed E-state index contributed by atoms with van der Waals surface area (Å²) < 4.78 is 13.2. The third kappa shape index (κ3) is 3.63. The van der Waals surface area contributed by atoms with E-state index in [1.54, 1.807) is 0 Å². The van der Waals surface area contributed by atoms with Crippen molar-refractivity contribution in [3.63, 3.8) is 0 Å². The van der Waals surface area contributed by atoms with Gasteiger partial charge in [-0.3, -0.25) is 4.79 Å². The Morgan fingerprint density at radius 3 is 2.80 bits per heavy atom. The second-order valence-electron chi connectivity index (χ2n) is 3.50. The number of Topliss-reactive ketones (excluding diaryl/α,β-unsaturated/α-hetero) is 1. The molecule has 0 atom stereocenters. The van der Waals surface area contributed by atoms with Gasteiger partial charge >= 0.3 is 0 Å². The van der Waals surface area contributed by atoms with E-state index in [0.717, 1.165) is 19.3 Å². The molecule has 0 aliphatic heterocycles. The highest BCUT2D eigenvalue weighted by atomic mass is 35.5. The summed E-state index contributed by atoms with van der Waals surface area (Å²) in [4.78, 5) is 11.6. The molecule has 0 amide bonds. The zero-order valence-electron chi connectivity index (χ0n) is 8.72. The van der Waals surface area contributed by atoms with Crippen molar-refractivity contribution in [3.8, 4) is 0 Å². The van der Waals surface area contributed by atoms with Crippen LogP contribution in [-0.2, 0) is 0 Å². The van der Waals surface area contributed by atoms with E-state index in [0.29, 0.717) is 11.4 Å². The van der Waals surface area contributed by atoms with E-state index >= 15 is 0 Å². The van der Waals surface area contributed by atoms with Crippen molar-refractivity contribution in [3.05, 3.63) is 34.6 Å². The molecule has 15 heavy (non-hydrogen) atoms. The van der Waals surface area contributed by atoms with Gasteiger partial charge in [-0.2, -0.15) is 0 Å². The highest BCUT2D eigenvalue weighted by Gasteiger charge is 2.11. The van der Waals surface area contributed by atoms with Crippen LogP contribution in [0.1, 0.15) is 43.0 Å². The Morgan fingerprint density at radius 1 is 1.40 bits per heavy atom. The monoisotopic (exact) mass is 228 g/mol. The molecule has 0 fully saturated rings. The van der Waals surface area contributed by atoms with Crippen LogP contribution in [0.25, 0.3) is 0 Å². The molecule has 0 saturated heterocycles. The van der Waals surface area contributed by atoms with Crippen LogP contribution in [0.3, 0.4) is 0 Å². The molecular weight excluding hydrogens is 215 g/mol. The van der Waals surface area contributed by atoms with Gasteiger partial charge in [0, 0.05) is 11.4 Å². The fourth-order valence-electron chi connectivity index (χ4n) is 1.38. The highest BCUT2D eigenvalue weighted by molar-refractivity contribution is 6.31. The van der Waals surface area contributed by atoms with E-state index in [9.17, 15) is 9.18 Å². The summed E-state index contributed by atoms with van der Waals surface area (Å²) >= 11 is 5.70. The average Bonchev–Trinajstić information content (AvgIpc) is 2.22. The molecule has 3 heteroatoms. The SMILES string of the molecule is CCCCCC(=O)c1cc(Cl)ccc1F. The van der Waals surface area contributed by atoms with Crippen LogP contribution >= 0.6 is 11.6 Å². The Kier molecular flexibility index (Phi) is 4.76. The Balaban J connectivity index is 2.68. The van der Waals surface area contributed by atoms with Crippen LogP contribution in [-0.4, -0.2) is 5.78 Å². The first-order valence-electron chi connectivity index (χ1n) is 5.13. The summed E-state index contributed by atoms with van der Waals surface area (Å²) in [6.07, 6.45) is 3.24. The molecule has 0 aromatic heterocycles. The second-order valence-corrected chi connectivity index (χ2v) is 3.94. The van der Waals surface area contributed by atoms with Crippen molar-refractivity contribution in [2.75, 3.05) is 0 Å². The number of carbonyl (C=O) groups excluding carboxylic acids is 1. The van der Waals surface area contributed by atoms with Crippen LogP contribution in [0.2, 0.25) is 5.02 Å². The first kappa shape index (κ1) is 12.2. The maximum Gasteiger partial charge on any atom is 0.165 e. The van der Waals surface area contributed by atoms with Crippen molar-refractivity contribution < 1.29 is 9.18 Å². The molecule has 0 bridgehead atoms. The molecule has 0 aliphatic rings. The number of ketones is 1. The molecule has 0 heterocycles. The number of hydrogen-bond acceptors (Lipinski definition) is 1. The largest absolute Gasteiger partial charge is 0.294 e. The highest BCUT2D eigenvalue weighted by Crippen LogP contribution is 2.17. The lowest BCUT2D eigenvalue weighted by Crippen LogP contribution is -2.02. The molecule has 82 valence electrons. The van der Waals surface area contributed by atoms with E-state index in [2.05, 4.69) is 6.92 Å². The van der Waals surface area contributed by atoms with Gasteiger partial charge in [-0.25, -0.2) is 4.39 Å². The molecule has 0 spiro atoms. The van der Waals surface area contributed by atoms with Gasteiger partial charge in [-0.15, -0.1) is 0 Å². The molecule has 0 saturated carbocycles. The Bertz CT molecular complexity index is 349. The number of halogens is 2. The summed E-state index contributed by atoms with van der Waals surface area (Å²) in [5.74, 6) is -0.649. The average molecular weight is 229 g/mol. The minimum Gasteiger partial charge on any atom is -0.294 e. The van der Waals surface area contributed by atoms with Gasteiger partial charge < -0.3 is 0 Å². The number of rotatable bonds is 5. The van der Waals surface area contributed by atoms with Gasteiger partial charge in [-0.1, -0.05) is 31.4 Å². The van der Waals surface area contributed by atoms with Crippen LogP contribution in [0.15, 0.2) is 18.2 Å². The zero-order valence-corrected chi connectivity index (χ0v) is 9.48. The van der Waals surface area contributed by atoms with Crippen molar-refractivity contribution in [2.24, 2.45) is 0 Å². The molecular formula is C12H14ClFO. The van der Waals surface area contributed by atoms with Gasteiger partial charge in [0.1, 0.15) is 5.82 Å². The summed E-state index contributed by atoms with van der Waals surface area (Å²) in [7, 11) is 0. The zero-order chi connectivity index (χ0) is 11.3. The summed E-state index contributed by atoms with van der Waals surface area (Å²) in [5.41, 5.74) is 0.110. The predicted octanol–water partition coefficient (Wildman–Crippen LogP) is 4.24. The normalized spacial score (nSPS) is 10.3. The third-order valence-electron chi connectivity index (χ3n) is 2.24. The Labute approximate surface area is 94.3 Å². The number of unbranched alkanes of at least 4 members (excludes halogenated alkanes) is 2. The lowest BCUT2D eigenvalue weighted by molar-refractivity contribution is 0.0975. The summed E-state index contributed by atoms with van der Waals surface area (Å²) in [5, 5.41) is 0.398. The maximum atomic E-state index is 13.2. The third-order valence-corrected chi connectivity index (χ3v) is 2.47. The lowest BCUT2D eigenvalue weighted by atomic mass is 10.0. The number of hydrogen-bond donors (Lipinski definition) is 0. The van der Waals surface area contributed by atoms with Gasteiger partial charge in [0.15, 0.2) is 5.78 Å². The molecule has 1 aromatic rings. The smallest absolute Gasteiger partial charge is 0.165 e. The van der Waals surface area contributed by atoms with Crippen LogP contribution in [0.5, 0.6) is 0 Å². The van der Waals surface area contributed by atoms with Crippen molar-refractivity contribution in [2.45, 2.75) is 32.6 Å². The fraction of sp³-hybridized carbons (Fsp3) is 0.417. The second kappa shape index (κ2) is 5.86. The van der Waals surface area contributed by atoms with Gasteiger partial charge in [0.2, 0.25) is 0 Å². The summed E-state index contributed by atoms with van der Waals surface area (Å²) in [6.45, 7) is 2.06. The molecule has 1 rings (SSSR count). The van der Waals surface area contributed by atoms with Crippen LogP contribution in [0, 0.1) is 5.82 Å². The van der Waals surface area contributed by atoms with Crippen LogP contribution in [0.4, 0.5) is 4.39 Å². The van der Waals surface area contributed by atoms with E-state index in [-0.39, 0.29) is 11.3 Å². The van der Waals surface area contributed by atoms with Crippen LogP contribution < -0.4 is 0 Å². The molecule has 0 radical (unpaired) electrons. The Morgan fingerprint density at radius 2 is 2.13 bits per heavy atom. The topological polar surface area (TPSA) is 17.1 Å². The predicted molar refractivity (Wildman–Crippen MR) is 59.9 cm³/mol. The molecule has 1 aromatic carbocycles. The van der Waals surface area contributed by atoms with Crippen molar-refractivity contribution >= 4 is 17.4 Å². The minimum atomic E-state index is -0.485. The Hall–Kier alpha value is -0.890. The molecule has 1 nitrogen and oxygen atoms in total. The minimum absolute atomic E-state index is 0.110. The standard InChI is InChI=1S/C12H14ClFO/c1-2-3-4-5-12(15)10-8-9(13)6-7-11(10)14/h6-8H,2-5H2,1H3. The summed E-state index contributed by atoms with van der Waals surface area (Å²) in [6, 6.07) is 4.07. The van der Waals surface area contributed by atoms with Gasteiger partial charge in [0.05, 0.1) is 5.56 Å². The first-order valence-corrected chi connectivity index (χ1v) is 5.51. The van der Waals surface area contributed by atoms with Crippen molar-refractivity contribution in [1.29, 1.82) is 0 Å². The van der Waals surface area contributed by atoms with E-state index in [4.69, 9.17) is 11.6 Å². The quantitative estimate of drug-likeness (QED) is 0.544. The van der Waals surface area contributed by atoms with E-state index in [1.807, 2.05) is 0 Å². The maximum absolute atomic E-state index is 13.2.